The summed E-state index contributed by atoms with van der Waals surface area (Å²) in [7, 11) is 0. The highest BCUT2D eigenvalue weighted by Crippen LogP contribution is 2.29. The molecule has 20 nitrogen and oxygen atoms in total. The quantitative estimate of drug-likeness (QED) is 0.141. The Hall–Kier alpha value is -5.38. The van der Waals surface area contributed by atoms with Crippen LogP contribution in [-0.2, 0) is 9.59 Å². The molecule has 2 aromatic rings. The summed E-state index contributed by atoms with van der Waals surface area (Å²) in [6.45, 7) is 0. The Balaban J connectivity index is 1.69. The Morgan fingerprint density at radius 2 is 0.952 bits per heavy atom. The van der Waals surface area contributed by atoms with E-state index in [-0.39, 0.29) is 22.9 Å². The first-order valence-corrected chi connectivity index (χ1v) is 13.3. The van der Waals surface area contributed by atoms with E-state index in [9.17, 15) is 59.6 Å². The molecule has 0 unspecified atom stereocenters. The van der Waals surface area contributed by atoms with Crippen LogP contribution in [0.5, 0.6) is 0 Å². The summed E-state index contributed by atoms with van der Waals surface area (Å²) in [6, 6.07) is 2.90. The van der Waals surface area contributed by atoms with Gasteiger partial charge in [-0.2, -0.15) is 23.5 Å². The molecule has 6 amide bonds. The number of thioether (sulfide) groups is 2. The predicted molar refractivity (Wildman–Crippen MR) is 148 cm³/mol. The Kier molecular flexibility index (Phi) is 12.1. The van der Waals surface area contributed by atoms with Gasteiger partial charge in [-0.3, -0.25) is 60.7 Å². The molecule has 0 radical (unpaired) electrons. The molecule has 0 aliphatic carbocycles. The van der Waals surface area contributed by atoms with Crippen molar-refractivity contribution in [3.8, 4) is 0 Å². The van der Waals surface area contributed by atoms with E-state index in [0.717, 1.165) is 47.8 Å². The van der Waals surface area contributed by atoms with E-state index in [4.69, 9.17) is 0 Å². The van der Waals surface area contributed by atoms with Crippen LogP contribution < -0.4 is 21.3 Å². The number of nitrogens with one attached hydrogen (secondary N) is 4. The number of hydrogen-bond donors (Lipinski definition) is 4. The first-order chi connectivity index (χ1) is 19.8. The van der Waals surface area contributed by atoms with Crippen LogP contribution in [-0.4, -0.2) is 66.6 Å². The number of benzene rings is 2. The predicted octanol–water partition coefficient (Wildman–Crippen LogP) is 2.78. The summed E-state index contributed by atoms with van der Waals surface area (Å²) in [6.07, 6.45) is 0. The molecule has 0 saturated carbocycles. The third kappa shape index (κ3) is 10.3. The summed E-state index contributed by atoms with van der Waals surface area (Å²) in [5.74, 6) is -1.22. The van der Waals surface area contributed by atoms with E-state index in [1.807, 2.05) is 10.6 Å². The first-order valence-electron chi connectivity index (χ1n) is 11.0. The number of non-ortho nitro benzene ring substituents is 2. The van der Waals surface area contributed by atoms with Crippen LogP contribution in [0.25, 0.3) is 0 Å². The molecule has 222 valence electrons. The van der Waals surface area contributed by atoms with Crippen molar-refractivity contribution < 1.29 is 38.9 Å². The van der Waals surface area contributed by atoms with Crippen LogP contribution in [0.1, 0.15) is 0 Å². The summed E-state index contributed by atoms with van der Waals surface area (Å²) >= 11 is 2.16. The fourth-order valence-electron chi connectivity index (χ4n) is 2.86. The van der Waals surface area contributed by atoms with Crippen LogP contribution in [0.15, 0.2) is 36.4 Å². The van der Waals surface area contributed by atoms with Crippen molar-refractivity contribution in [2.24, 2.45) is 0 Å². The lowest BCUT2D eigenvalue weighted by Gasteiger charge is -2.08. The minimum absolute atomic E-state index is 0.195. The summed E-state index contributed by atoms with van der Waals surface area (Å²) in [5.41, 5.74) is -3.34. The van der Waals surface area contributed by atoms with Crippen LogP contribution >= 0.6 is 23.5 Å². The maximum Gasteiger partial charge on any atom is 0.326 e. The Bertz CT molecular complexity index is 1350. The van der Waals surface area contributed by atoms with Crippen molar-refractivity contribution in [2.75, 3.05) is 33.6 Å². The second-order valence-corrected chi connectivity index (χ2v) is 9.75. The molecule has 0 aromatic heterocycles. The molecule has 2 aromatic carbocycles. The molecule has 0 aliphatic heterocycles. The lowest BCUT2D eigenvalue weighted by atomic mass is 10.2. The van der Waals surface area contributed by atoms with Crippen molar-refractivity contribution in [3.05, 3.63) is 76.9 Å². The van der Waals surface area contributed by atoms with E-state index in [2.05, 4.69) is 10.6 Å². The van der Waals surface area contributed by atoms with Crippen molar-refractivity contribution in [1.82, 2.24) is 10.6 Å². The van der Waals surface area contributed by atoms with Crippen molar-refractivity contribution in [2.45, 2.75) is 0 Å². The molecule has 2 rings (SSSR count). The number of carbonyl (C=O) groups is 4. The molecule has 42 heavy (non-hydrogen) atoms. The van der Waals surface area contributed by atoms with Crippen molar-refractivity contribution >= 4 is 81.5 Å². The second-order valence-electron chi connectivity index (χ2n) is 7.54. The van der Waals surface area contributed by atoms with E-state index in [0.29, 0.717) is 23.6 Å². The van der Waals surface area contributed by atoms with Crippen LogP contribution in [0.4, 0.5) is 43.7 Å². The number of nitro groups is 4. The minimum Gasteiger partial charge on any atom is -0.302 e. The largest absolute Gasteiger partial charge is 0.326 e. The fourth-order valence-corrected chi connectivity index (χ4v) is 4.61. The number of carbonyl (C=O) groups excluding carboxylic acids is 4. The number of rotatable bonds is 13. The van der Waals surface area contributed by atoms with Gasteiger partial charge in [0.05, 0.1) is 43.3 Å². The molecule has 0 bridgehead atoms. The fraction of sp³-hybridized carbons (Fsp3) is 0.200. The number of hydrogen-bond acceptors (Lipinski definition) is 14. The van der Waals surface area contributed by atoms with Gasteiger partial charge in [-0.25, -0.2) is 9.59 Å². The summed E-state index contributed by atoms with van der Waals surface area (Å²) in [4.78, 5) is 88.0. The molecule has 0 saturated heterocycles. The standard InChI is InChI=1S/C20H18N8O12S2/c29-17(23-19(31)21-13-3-1-11(25(33)34)7-15(13)27(37)38)9-41-5-6-42-10-18(30)24-20(32)22-14-4-2-12(26(35)36)8-16(14)28(39)40/h1-4,7-8H,5-6,9-10H2,(H2,21,23,29,31)(H2,22,24,30,32). The molecule has 0 atom stereocenters. The Morgan fingerprint density at radius 1 is 0.595 bits per heavy atom. The zero-order chi connectivity index (χ0) is 31.4. The Morgan fingerprint density at radius 3 is 1.26 bits per heavy atom. The highest BCUT2D eigenvalue weighted by molar-refractivity contribution is 8.03. The number of nitro benzene ring substituents is 4. The number of urea groups is 2. The van der Waals surface area contributed by atoms with E-state index >= 15 is 0 Å². The van der Waals surface area contributed by atoms with Crippen molar-refractivity contribution in [1.29, 1.82) is 0 Å². The number of nitrogens with zero attached hydrogens (tertiary/aromatic N) is 4. The van der Waals surface area contributed by atoms with Gasteiger partial charge in [0.2, 0.25) is 11.8 Å². The number of anilines is 2. The minimum atomic E-state index is -1.10. The molecule has 0 fully saturated rings. The average Bonchev–Trinajstić information content (AvgIpc) is 2.90. The molecular formula is C20H18N8O12S2. The van der Waals surface area contributed by atoms with Crippen LogP contribution in [0, 0.1) is 40.5 Å². The summed E-state index contributed by atoms with van der Waals surface area (Å²) < 4.78 is 0. The molecule has 4 N–H and O–H groups in total. The first kappa shape index (κ1) is 32.8. The SMILES string of the molecule is O=C(CSCCSCC(=O)NC(=O)Nc1ccc([N+](=O)[O-])cc1[N+](=O)[O-])NC(=O)Nc1ccc([N+](=O)[O-])cc1[N+](=O)[O-]. The van der Waals surface area contributed by atoms with Gasteiger partial charge >= 0.3 is 12.1 Å². The van der Waals surface area contributed by atoms with Gasteiger partial charge in [0.25, 0.3) is 22.7 Å². The van der Waals surface area contributed by atoms with Crippen molar-refractivity contribution in [3.63, 3.8) is 0 Å². The lowest BCUT2D eigenvalue weighted by molar-refractivity contribution is -0.393. The molecule has 22 heteroatoms. The second kappa shape index (κ2) is 15.4. The van der Waals surface area contributed by atoms with E-state index < -0.39 is 66.3 Å². The van der Waals surface area contributed by atoms with Crippen LogP contribution in [0.3, 0.4) is 0 Å². The Labute approximate surface area is 241 Å². The zero-order valence-corrected chi connectivity index (χ0v) is 22.4. The molecule has 0 heterocycles. The third-order valence-corrected chi connectivity index (χ3v) is 6.79. The normalized spacial score (nSPS) is 10.2. The maximum absolute atomic E-state index is 12.0. The molecule has 0 aliphatic rings. The molecule has 0 spiro atoms. The maximum atomic E-state index is 12.0. The smallest absolute Gasteiger partial charge is 0.302 e. The van der Waals surface area contributed by atoms with Gasteiger partial charge in [0, 0.05) is 23.6 Å². The van der Waals surface area contributed by atoms with E-state index in [1.54, 1.807) is 0 Å². The number of imide groups is 2. The lowest BCUT2D eigenvalue weighted by Crippen LogP contribution is -2.36. The van der Waals surface area contributed by atoms with Gasteiger partial charge < -0.3 is 10.6 Å². The highest BCUT2D eigenvalue weighted by atomic mass is 32.2. The van der Waals surface area contributed by atoms with Gasteiger partial charge in [-0.15, -0.1) is 0 Å². The van der Waals surface area contributed by atoms with E-state index in [1.165, 1.54) is 0 Å². The van der Waals surface area contributed by atoms with Gasteiger partial charge in [0.15, 0.2) is 0 Å². The third-order valence-electron chi connectivity index (χ3n) is 4.62. The van der Waals surface area contributed by atoms with Crippen LogP contribution in [0.2, 0.25) is 0 Å². The topological polar surface area (TPSA) is 289 Å². The average molecular weight is 627 g/mol. The zero-order valence-electron chi connectivity index (χ0n) is 20.8. The van der Waals surface area contributed by atoms with Gasteiger partial charge in [0.1, 0.15) is 11.4 Å². The number of amides is 6. The van der Waals surface area contributed by atoms with Gasteiger partial charge in [-0.05, 0) is 12.1 Å². The van der Waals surface area contributed by atoms with Gasteiger partial charge in [-0.1, -0.05) is 0 Å². The highest BCUT2D eigenvalue weighted by Gasteiger charge is 2.23. The monoisotopic (exact) mass is 626 g/mol. The summed E-state index contributed by atoms with van der Waals surface area (Å²) in [5, 5.41) is 51.8. The molecular weight excluding hydrogens is 608 g/mol.